The molecule has 3 aromatic carbocycles. The number of benzene rings is 3. The lowest BCUT2D eigenvalue weighted by molar-refractivity contribution is 0.415. The van der Waals surface area contributed by atoms with Crippen molar-refractivity contribution in [2.75, 3.05) is 12.4 Å². The zero-order valence-corrected chi connectivity index (χ0v) is 18.8. The van der Waals surface area contributed by atoms with E-state index in [0.717, 1.165) is 30.7 Å². The Labute approximate surface area is 187 Å². The first-order valence-electron chi connectivity index (χ1n) is 11.1. The van der Waals surface area contributed by atoms with Crippen LogP contribution in [-0.2, 0) is 0 Å². The van der Waals surface area contributed by atoms with E-state index in [2.05, 4.69) is 104 Å². The Morgan fingerprint density at radius 1 is 0.871 bits per heavy atom. The van der Waals surface area contributed by atoms with Crippen LogP contribution < -0.4 is 10.1 Å². The third-order valence-corrected chi connectivity index (χ3v) is 5.66. The predicted octanol–water partition coefficient (Wildman–Crippen LogP) is 8.07. The summed E-state index contributed by atoms with van der Waals surface area (Å²) >= 11 is 0. The Kier molecular flexibility index (Phi) is 8.54. The molecule has 0 aliphatic rings. The fraction of sp³-hybridized carbons (Fsp3) is 0.241. The number of ether oxygens (including phenoxy) is 1. The van der Waals surface area contributed by atoms with Gasteiger partial charge in [0, 0.05) is 5.69 Å². The molecular weight excluding hydrogens is 378 g/mol. The summed E-state index contributed by atoms with van der Waals surface area (Å²) in [6.07, 6.45) is 7.56. The maximum atomic E-state index is 5.28. The number of hydrogen-bond donors (Lipinski definition) is 1. The summed E-state index contributed by atoms with van der Waals surface area (Å²) in [4.78, 5) is 0. The van der Waals surface area contributed by atoms with Gasteiger partial charge in [-0.25, -0.2) is 0 Å². The Hall–Kier alpha value is -3.26. The maximum Gasteiger partial charge on any atom is 0.119 e. The molecule has 0 heterocycles. The van der Waals surface area contributed by atoms with Gasteiger partial charge < -0.3 is 10.1 Å². The highest BCUT2D eigenvalue weighted by Crippen LogP contribution is 2.27. The monoisotopic (exact) mass is 411 g/mol. The van der Waals surface area contributed by atoms with E-state index < -0.39 is 0 Å². The van der Waals surface area contributed by atoms with Gasteiger partial charge in [0.05, 0.1) is 13.2 Å². The van der Waals surface area contributed by atoms with Gasteiger partial charge in [0.15, 0.2) is 0 Å². The van der Waals surface area contributed by atoms with Gasteiger partial charge in [-0.2, -0.15) is 0 Å². The van der Waals surface area contributed by atoms with Crippen LogP contribution in [0.15, 0.2) is 103 Å². The number of methoxy groups -OCH3 is 1. The number of allylic oxidation sites excluding steroid dienone is 3. The molecule has 0 saturated carbocycles. The van der Waals surface area contributed by atoms with Crippen molar-refractivity contribution in [1.82, 2.24) is 0 Å². The molecule has 31 heavy (non-hydrogen) atoms. The Balaban J connectivity index is 1.72. The molecule has 0 aliphatic carbocycles. The number of nitrogens with one attached hydrogen (secondary N) is 1. The van der Waals surface area contributed by atoms with E-state index in [-0.39, 0.29) is 6.04 Å². The molecule has 0 spiro atoms. The average molecular weight is 412 g/mol. The summed E-state index contributed by atoms with van der Waals surface area (Å²) in [5.74, 6) is 0.869. The van der Waals surface area contributed by atoms with Crippen LogP contribution in [0.3, 0.4) is 0 Å². The summed E-state index contributed by atoms with van der Waals surface area (Å²) in [6, 6.07) is 29.7. The lowest BCUT2D eigenvalue weighted by Gasteiger charge is -2.19. The van der Waals surface area contributed by atoms with E-state index in [0.29, 0.717) is 0 Å². The molecule has 1 atom stereocenters. The third-order valence-electron chi connectivity index (χ3n) is 5.66. The topological polar surface area (TPSA) is 21.3 Å². The van der Waals surface area contributed by atoms with Crippen molar-refractivity contribution < 1.29 is 4.74 Å². The van der Waals surface area contributed by atoms with E-state index in [4.69, 9.17) is 4.74 Å². The number of hydrogen-bond acceptors (Lipinski definition) is 2. The van der Waals surface area contributed by atoms with Crippen molar-refractivity contribution in [2.24, 2.45) is 0 Å². The molecule has 0 fully saturated rings. The minimum Gasteiger partial charge on any atom is -0.497 e. The van der Waals surface area contributed by atoms with Crippen molar-refractivity contribution >= 4 is 11.3 Å². The van der Waals surface area contributed by atoms with Crippen molar-refractivity contribution in [3.63, 3.8) is 0 Å². The molecule has 0 bridgehead atoms. The first kappa shape index (κ1) is 22.4. The number of anilines is 1. The Bertz CT molecular complexity index is 972. The van der Waals surface area contributed by atoms with E-state index in [9.17, 15) is 0 Å². The van der Waals surface area contributed by atoms with Gasteiger partial charge in [-0.1, -0.05) is 85.3 Å². The van der Waals surface area contributed by atoms with E-state index >= 15 is 0 Å². The summed E-state index contributed by atoms with van der Waals surface area (Å²) < 4.78 is 5.28. The second-order valence-electron chi connectivity index (χ2n) is 7.73. The zero-order valence-electron chi connectivity index (χ0n) is 18.8. The average Bonchev–Trinajstić information content (AvgIpc) is 2.84. The minimum absolute atomic E-state index is 0.210. The molecule has 0 amide bonds. The van der Waals surface area contributed by atoms with Gasteiger partial charge in [-0.05, 0) is 67.2 Å². The van der Waals surface area contributed by atoms with Crippen LogP contribution in [-0.4, -0.2) is 7.11 Å². The van der Waals surface area contributed by atoms with Gasteiger partial charge in [0.1, 0.15) is 5.75 Å². The Morgan fingerprint density at radius 2 is 1.52 bits per heavy atom. The molecule has 3 rings (SSSR count). The molecule has 0 saturated heterocycles. The largest absolute Gasteiger partial charge is 0.497 e. The highest BCUT2D eigenvalue weighted by molar-refractivity contribution is 5.69. The number of rotatable bonds is 10. The van der Waals surface area contributed by atoms with E-state index in [1.807, 2.05) is 12.1 Å². The molecule has 1 N–H and O–H groups in total. The quantitative estimate of drug-likeness (QED) is 0.341. The van der Waals surface area contributed by atoms with Gasteiger partial charge in [0.25, 0.3) is 0 Å². The maximum absolute atomic E-state index is 5.28. The molecule has 0 radical (unpaired) electrons. The first-order valence-corrected chi connectivity index (χ1v) is 11.1. The van der Waals surface area contributed by atoms with Crippen LogP contribution in [0.5, 0.6) is 5.75 Å². The van der Waals surface area contributed by atoms with Crippen LogP contribution in [0.2, 0.25) is 0 Å². The molecule has 2 nitrogen and oxygen atoms in total. The molecule has 0 aromatic heterocycles. The standard InChI is InChI=1S/C29H33NO/c1-4-23(2)28(24-13-7-5-8-14-24)17-11-12-18-29(25-15-9-6-10-16-25)30-26-19-21-27(31-3)22-20-26/h5-16,19-22,29-30H,4,17-18H2,1-3H3/b12-11+,28-23-. The van der Waals surface area contributed by atoms with Crippen molar-refractivity contribution in [3.05, 3.63) is 114 Å². The summed E-state index contributed by atoms with van der Waals surface area (Å²) in [6.45, 7) is 4.47. The highest BCUT2D eigenvalue weighted by Gasteiger charge is 2.10. The summed E-state index contributed by atoms with van der Waals surface area (Å²) in [7, 11) is 1.69. The van der Waals surface area contributed by atoms with Crippen LogP contribution in [0.1, 0.15) is 50.3 Å². The van der Waals surface area contributed by atoms with Gasteiger partial charge in [-0.3, -0.25) is 0 Å². The molecule has 1 unspecified atom stereocenters. The van der Waals surface area contributed by atoms with E-state index in [1.54, 1.807) is 7.11 Å². The smallest absolute Gasteiger partial charge is 0.119 e. The van der Waals surface area contributed by atoms with Crippen molar-refractivity contribution in [1.29, 1.82) is 0 Å². The van der Waals surface area contributed by atoms with Crippen molar-refractivity contribution in [2.45, 2.75) is 39.2 Å². The fourth-order valence-corrected chi connectivity index (χ4v) is 3.68. The molecule has 3 aromatic rings. The highest BCUT2D eigenvalue weighted by atomic mass is 16.5. The van der Waals surface area contributed by atoms with Gasteiger partial charge >= 0.3 is 0 Å². The Morgan fingerprint density at radius 3 is 2.13 bits per heavy atom. The lowest BCUT2D eigenvalue weighted by atomic mass is 9.95. The van der Waals surface area contributed by atoms with E-state index in [1.165, 1.54) is 22.3 Å². The van der Waals surface area contributed by atoms with Crippen LogP contribution in [0, 0.1) is 0 Å². The van der Waals surface area contributed by atoms with Gasteiger partial charge in [0.2, 0.25) is 0 Å². The second-order valence-corrected chi connectivity index (χ2v) is 7.73. The van der Waals surface area contributed by atoms with Crippen LogP contribution >= 0.6 is 0 Å². The predicted molar refractivity (Wildman–Crippen MR) is 134 cm³/mol. The van der Waals surface area contributed by atoms with Crippen LogP contribution in [0.4, 0.5) is 5.69 Å². The summed E-state index contributed by atoms with van der Waals surface area (Å²) in [5.41, 5.74) is 6.58. The van der Waals surface area contributed by atoms with Crippen LogP contribution in [0.25, 0.3) is 5.57 Å². The second kappa shape index (κ2) is 11.8. The molecular formula is C29H33NO. The SMILES string of the molecule is CC/C(C)=C(/C/C=C/CC(Nc1ccc(OC)cc1)c1ccccc1)c1ccccc1. The van der Waals surface area contributed by atoms with Gasteiger partial charge in [-0.15, -0.1) is 0 Å². The van der Waals surface area contributed by atoms with Crippen molar-refractivity contribution in [3.8, 4) is 5.75 Å². The third kappa shape index (κ3) is 6.62. The fourth-order valence-electron chi connectivity index (χ4n) is 3.68. The first-order chi connectivity index (χ1) is 15.2. The molecule has 2 heteroatoms. The molecule has 0 aliphatic heterocycles. The minimum atomic E-state index is 0.210. The zero-order chi connectivity index (χ0) is 21.9. The lowest BCUT2D eigenvalue weighted by Crippen LogP contribution is -2.09. The summed E-state index contributed by atoms with van der Waals surface area (Å²) in [5, 5.41) is 3.68. The normalized spacial score (nSPS) is 13.0. The molecule has 160 valence electrons.